The normalized spacial score (nSPS) is 12.6. The lowest BCUT2D eigenvalue weighted by Crippen LogP contribution is -2.48. The van der Waals surface area contributed by atoms with Gasteiger partial charge < -0.3 is 25.5 Å². The molecule has 39 heavy (non-hydrogen) atoms. The summed E-state index contributed by atoms with van der Waals surface area (Å²) in [6, 6.07) is 13.8. The third kappa shape index (κ3) is 10.6. The van der Waals surface area contributed by atoms with E-state index in [0.29, 0.717) is 37.9 Å². The fourth-order valence-electron chi connectivity index (χ4n) is 4.30. The quantitative estimate of drug-likeness (QED) is 0.203. The number of unbranched alkanes of at least 4 members (excludes halogenated alkanes) is 2. The van der Waals surface area contributed by atoms with Crippen molar-refractivity contribution in [1.29, 1.82) is 0 Å². The van der Waals surface area contributed by atoms with Crippen molar-refractivity contribution in [3.8, 4) is 0 Å². The van der Waals surface area contributed by atoms with Crippen molar-refractivity contribution in [3.05, 3.63) is 94.9 Å². The maximum Gasteiger partial charge on any atom is 0.286 e. The van der Waals surface area contributed by atoms with Crippen LogP contribution in [0.25, 0.3) is 0 Å². The zero-order valence-corrected chi connectivity index (χ0v) is 22.2. The molecule has 0 saturated carbocycles. The van der Waals surface area contributed by atoms with Crippen LogP contribution in [0.3, 0.4) is 0 Å². The van der Waals surface area contributed by atoms with Crippen LogP contribution in [-0.4, -0.2) is 42.2 Å². The lowest BCUT2D eigenvalue weighted by atomic mass is 10.00. The number of hydrogen-bond donors (Lipinski definition) is 4. The minimum atomic E-state index is -0.980. The minimum absolute atomic E-state index is 0.0768. The van der Waals surface area contributed by atoms with E-state index in [1.54, 1.807) is 12.1 Å². The topological polar surface area (TPSA) is 104 Å². The number of halogens is 2. The largest absolute Gasteiger partial charge is 0.459 e. The number of carbonyl (C=O) groups is 2. The molecule has 9 heteroatoms. The molecule has 3 rings (SSSR count). The van der Waals surface area contributed by atoms with Crippen LogP contribution in [0.2, 0.25) is 0 Å². The number of amides is 2. The van der Waals surface area contributed by atoms with Crippen LogP contribution in [0, 0.1) is 11.6 Å². The van der Waals surface area contributed by atoms with E-state index >= 15 is 0 Å². The number of aliphatic hydroxyl groups excluding tert-OH is 1. The SMILES string of the molecule is CCc1cccc(CNC[C@@H](O)[C@H](Cc2cc(F)cc(F)c2)NC(=O)CCCCCNC(=O)c2ccco2)c1. The second-order valence-electron chi connectivity index (χ2n) is 9.57. The molecule has 7 nitrogen and oxygen atoms in total. The second kappa shape index (κ2) is 15.8. The number of nitrogens with one attached hydrogen (secondary N) is 3. The van der Waals surface area contributed by atoms with Crippen molar-refractivity contribution < 1.29 is 27.9 Å². The van der Waals surface area contributed by atoms with Crippen LogP contribution >= 0.6 is 0 Å². The average Bonchev–Trinajstić information content (AvgIpc) is 3.45. The van der Waals surface area contributed by atoms with E-state index in [-0.39, 0.29) is 37.0 Å². The molecule has 0 fully saturated rings. The molecule has 0 bridgehead atoms. The van der Waals surface area contributed by atoms with Crippen molar-refractivity contribution >= 4 is 11.8 Å². The Morgan fingerprint density at radius 2 is 1.72 bits per heavy atom. The average molecular weight is 542 g/mol. The zero-order chi connectivity index (χ0) is 28.0. The Balaban J connectivity index is 1.47. The molecule has 0 saturated heterocycles. The van der Waals surface area contributed by atoms with E-state index in [1.165, 1.54) is 24.0 Å². The molecule has 1 heterocycles. The Morgan fingerprint density at radius 1 is 0.949 bits per heavy atom. The number of aryl methyl sites for hydroxylation is 1. The van der Waals surface area contributed by atoms with Crippen molar-refractivity contribution in [2.75, 3.05) is 13.1 Å². The van der Waals surface area contributed by atoms with Crippen LogP contribution in [0.15, 0.2) is 65.3 Å². The van der Waals surface area contributed by atoms with E-state index in [4.69, 9.17) is 4.42 Å². The predicted molar refractivity (Wildman–Crippen MR) is 145 cm³/mol. The lowest BCUT2D eigenvalue weighted by molar-refractivity contribution is -0.122. The summed E-state index contributed by atoms with van der Waals surface area (Å²) in [7, 11) is 0. The summed E-state index contributed by atoms with van der Waals surface area (Å²) in [4.78, 5) is 24.5. The summed E-state index contributed by atoms with van der Waals surface area (Å²) in [5, 5.41) is 19.7. The standard InChI is InChI=1S/C30H37F2N3O4/c1-2-21-8-6-9-22(14-21)19-33-20-27(36)26(17-23-15-24(31)18-25(32)16-23)35-29(37)11-4-3-5-12-34-30(38)28-10-7-13-39-28/h6-10,13-16,18,26-27,33,36H,2-5,11-12,17,19-20H2,1H3,(H,34,38)(H,35,37)/t26-,27+/m0/s1. The molecule has 210 valence electrons. The van der Waals surface area contributed by atoms with Crippen LogP contribution in [0.1, 0.15) is 59.9 Å². The molecule has 2 amide bonds. The van der Waals surface area contributed by atoms with E-state index < -0.39 is 23.8 Å². The van der Waals surface area contributed by atoms with Gasteiger partial charge in [-0.2, -0.15) is 0 Å². The van der Waals surface area contributed by atoms with Gasteiger partial charge in [0.2, 0.25) is 5.91 Å². The van der Waals surface area contributed by atoms with E-state index in [0.717, 1.165) is 18.1 Å². The van der Waals surface area contributed by atoms with E-state index in [2.05, 4.69) is 35.0 Å². The molecule has 2 atom stereocenters. The predicted octanol–water partition coefficient (Wildman–Crippen LogP) is 4.29. The maximum absolute atomic E-state index is 13.8. The summed E-state index contributed by atoms with van der Waals surface area (Å²) in [6.45, 7) is 3.27. The fourth-order valence-corrected chi connectivity index (χ4v) is 4.30. The third-order valence-corrected chi connectivity index (χ3v) is 6.38. The van der Waals surface area contributed by atoms with E-state index in [9.17, 15) is 23.5 Å². The van der Waals surface area contributed by atoms with Gasteiger partial charge in [0.25, 0.3) is 5.91 Å². The number of rotatable bonds is 16. The Morgan fingerprint density at radius 3 is 2.44 bits per heavy atom. The first-order chi connectivity index (χ1) is 18.8. The van der Waals surface area contributed by atoms with Gasteiger partial charge >= 0.3 is 0 Å². The number of furan rings is 1. The van der Waals surface area contributed by atoms with Crippen molar-refractivity contribution in [1.82, 2.24) is 16.0 Å². The summed E-state index contributed by atoms with van der Waals surface area (Å²) in [6.07, 6.45) is 3.68. The fraction of sp³-hybridized carbons (Fsp3) is 0.400. The monoisotopic (exact) mass is 541 g/mol. The van der Waals surface area contributed by atoms with Crippen molar-refractivity contribution in [2.24, 2.45) is 0 Å². The number of benzene rings is 2. The molecule has 2 aromatic carbocycles. The van der Waals surface area contributed by atoms with Gasteiger partial charge in [-0.1, -0.05) is 37.6 Å². The first kappa shape index (κ1) is 30.0. The van der Waals surface area contributed by atoms with Crippen LogP contribution in [0.5, 0.6) is 0 Å². The molecule has 0 aliphatic rings. The zero-order valence-electron chi connectivity index (χ0n) is 22.2. The molecule has 4 N–H and O–H groups in total. The Labute approximate surface area is 228 Å². The van der Waals surface area contributed by atoms with Crippen molar-refractivity contribution in [3.63, 3.8) is 0 Å². The van der Waals surface area contributed by atoms with Crippen LogP contribution in [-0.2, 0) is 24.2 Å². The molecule has 0 spiro atoms. The Bertz CT molecular complexity index is 1170. The molecule has 1 aromatic heterocycles. The highest BCUT2D eigenvalue weighted by Crippen LogP contribution is 2.13. The smallest absolute Gasteiger partial charge is 0.286 e. The molecular formula is C30H37F2N3O4. The molecular weight excluding hydrogens is 504 g/mol. The highest BCUT2D eigenvalue weighted by Gasteiger charge is 2.22. The van der Waals surface area contributed by atoms with Gasteiger partial charge in [-0.25, -0.2) is 8.78 Å². The summed E-state index contributed by atoms with van der Waals surface area (Å²) in [5.41, 5.74) is 2.64. The molecule has 3 aromatic rings. The number of aliphatic hydroxyl groups is 1. The first-order valence-electron chi connectivity index (χ1n) is 13.4. The maximum atomic E-state index is 13.8. The molecule has 0 aliphatic heterocycles. The molecule has 0 aliphatic carbocycles. The van der Waals surface area contributed by atoms with Gasteiger partial charge in [-0.15, -0.1) is 0 Å². The van der Waals surface area contributed by atoms with Gasteiger partial charge in [0.15, 0.2) is 5.76 Å². The summed E-state index contributed by atoms with van der Waals surface area (Å²) < 4.78 is 32.6. The number of hydrogen-bond acceptors (Lipinski definition) is 5. The van der Waals surface area contributed by atoms with Gasteiger partial charge in [0.05, 0.1) is 18.4 Å². The second-order valence-corrected chi connectivity index (χ2v) is 9.57. The lowest BCUT2D eigenvalue weighted by Gasteiger charge is -2.25. The Hall–Kier alpha value is -3.56. The number of carbonyl (C=O) groups excluding carboxylic acids is 2. The minimum Gasteiger partial charge on any atom is -0.459 e. The Kier molecular flexibility index (Phi) is 12.1. The highest BCUT2D eigenvalue weighted by molar-refractivity contribution is 5.91. The molecule has 0 unspecified atom stereocenters. The summed E-state index contributed by atoms with van der Waals surface area (Å²) in [5.74, 6) is -1.71. The molecule has 0 radical (unpaired) electrons. The first-order valence-corrected chi connectivity index (χ1v) is 13.4. The van der Waals surface area contributed by atoms with Gasteiger partial charge in [0.1, 0.15) is 11.6 Å². The van der Waals surface area contributed by atoms with Gasteiger partial charge in [-0.05, 0) is 66.6 Å². The van der Waals surface area contributed by atoms with Crippen molar-refractivity contribution in [2.45, 2.75) is 64.1 Å². The van der Waals surface area contributed by atoms with Gasteiger partial charge in [-0.3, -0.25) is 9.59 Å². The van der Waals surface area contributed by atoms with Crippen LogP contribution in [0.4, 0.5) is 8.78 Å². The highest BCUT2D eigenvalue weighted by atomic mass is 19.1. The van der Waals surface area contributed by atoms with E-state index in [1.807, 2.05) is 12.1 Å². The summed E-state index contributed by atoms with van der Waals surface area (Å²) >= 11 is 0. The third-order valence-electron chi connectivity index (χ3n) is 6.38. The van der Waals surface area contributed by atoms with Crippen LogP contribution < -0.4 is 16.0 Å². The van der Waals surface area contributed by atoms with Gasteiger partial charge in [0, 0.05) is 32.1 Å².